The zero-order chi connectivity index (χ0) is 12.3. The van der Waals surface area contributed by atoms with E-state index in [0.717, 1.165) is 9.14 Å². The molecular weight excluding hydrogens is 315 g/mol. The maximum atomic E-state index is 10.5. The van der Waals surface area contributed by atoms with Crippen LogP contribution in [0, 0.1) is 0 Å². The van der Waals surface area contributed by atoms with Crippen molar-refractivity contribution in [2.45, 2.75) is 26.2 Å². The van der Waals surface area contributed by atoms with Crippen molar-refractivity contribution in [3.8, 4) is 0 Å². The third-order valence-corrected chi connectivity index (χ3v) is 3.21. The van der Waals surface area contributed by atoms with Crippen LogP contribution in [0.25, 0.3) is 3.58 Å². The van der Waals surface area contributed by atoms with Crippen LogP contribution in [0.1, 0.15) is 31.9 Å². The quantitative estimate of drug-likeness (QED) is 0.661. The smallest absolute Gasteiger partial charge is 0.329 e. The summed E-state index contributed by atoms with van der Waals surface area (Å²) in [5.74, 6) is -0.913. The van der Waals surface area contributed by atoms with Gasteiger partial charge in [0.25, 0.3) is 0 Å². The third-order valence-electron chi connectivity index (χ3n) is 2.28. The van der Waals surface area contributed by atoms with Gasteiger partial charge in [0.05, 0.1) is 0 Å². The van der Waals surface area contributed by atoms with Crippen LogP contribution in [-0.4, -0.2) is 11.1 Å². The van der Waals surface area contributed by atoms with E-state index < -0.39 is 5.97 Å². The van der Waals surface area contributed by atoms with Crippen LogP contribution in [-0.2, 0) is 10.2 Å². The van der Waals surface area contributed by atoms with E-state index in [9.17, 15) is 4.79 Å². The molecule has 0 spiro atoms. The van der Waals surface area contributed by atoms with Crippen LogP contribution in [0.15, 0.2) is 30.3 Å². The minimum absolute atomic E-state index is 0.125. The van der Waals surface area contributed by atoms with E-state index in [2.05, 4.69) is 20.8 Å². The Bertz CT molecular complexity index is 411. The lowest BCUT2D eigenvalue weighted by molar-refractivity contribution is -0.131. The molecule has 0 radical (unpaired) electrons. The van der Waals surface area contributed by atoms with Gasteiger partial charge in [-0.25, -0.2) is 4.79 Å². The number of carboxylic acids is 1. The highest BCUT2D eigenvalue weighted by atomic mass is 127. The van der Waals surface area contributed by atoms with E-state index in [1.165, 1.54) is 11.6 Å². The lowest BCUT2D eigenvalue weighted by Crippen LogP contribution is -2.10. The van der Waals surface area contributed by atoms with E-state index in [1.807, 2.05) is 46.9 Å². The highest BCUT2D eigenvalue weighted by molar-refractivity contribution is 14.1. The van der Waals surface area contributed by atoms with E-state index >= 15 is 0 Å². The normalized spacial score (nSPS) is 12.6. The predicted molar refractivity (Wildman–Crippen MR) is 74.8 cm³/mol. The van der Waals surface area contributed by atoms with Crippen molar-refractivity contribution in [1.82, 2.24) is 0 Å². The Morgan fingerprint density at radius 1 is 1.25 bits per heavy atom. The first kappa shape index (κ1) is 13.2. The predicted octanol–water partition coefficient (Wildman–Crippen LogP) is 3.84. The standard InChI is InChI=1S/C13H15IO2/c1-13(2,3)10-6-4-9(5-7-10)11(14)8-12(15)16/h4-8H,1-3H3,(H,15,16)/b11-8-. The first-order valence-electron chi connectivity index (χ1n) is 5.02. The fourth-order valence-corrected chi connectivity index (χ4v) is 1.95. The van der Waals surface area contributed by atoms with Crippen molar-refractivity contribution in [1.29, 1.82) is 0 Å². The number of carboxylic acid groups (broad SMARTS) is 1. The molecular formula is C13H15IO2. The van der Waals surface area contributed by atoms with Crippen LogP contribution in [0.2, 0.25) is 0 Å². The number of hydrogen-bond acceptors (Lipinski definition) is 1. The van der Waals surface area contributed by atoms with Gasteiger partial charge in [-0.05, 0) is 39.1 Å². The molecule has 16 heavy (non-hydrogen) atoms. The minimum atomic E-state index is -0.913. The Hall–Kier alpha value is -0.840. The first-order valence-corrected chi connectivity index (χ1v) is 6.09. The molecule has 0 aliphatic heterocycles. The van der Waals surface area contributed by atoms with E-state index in [1.54, 1.807) is 0 Å². The highest BCUT2D eigenvalue weighted by Gasteiger charge is 2.13. The summed E-state index contributed by atoms with van der Waals surface area (Å²) in [5, 5.41) is 8.65. The Labute approximate surface area is 110 Å². The molecule has 86 valence electrons. The van der Waals surface area contributed by atoms with Crippen molar-refractivity contribution >= 4 is 32.1 Å². The molecule has 1 rings (SSSR count). The monoisotopic (exact) mass is 330 g/mol. The molecule has 0 aromatic heterocycles. The van der Waals surface area contributed by atoms with Gasteiger partial charge in [0, 0.05) is 9.66 Å². The zero-order valence-corrected chi connectivity index (χ0v) is 11.8. The Balaban J connectivity index is 3.00. The number of carbonyl (C=O) groups is 1. The Morgan fingerprint density at radius 3 is 2.12 bits per heavy atom. The van der Waals surface area contributed by atoms with Crippen LogP contribution < -0.4 is 0 Å². The number of hydrogen-bond donors (Lipinski definition) is 1. The van der Waals surface area contributed by atoms with Gasteiger partial charge in [-0.3, -0.25) is 0 Å². The van der Waals surface area contributed by atoms with Crippen LogP contribution >= 0.6 is 22.6 Å². The second-order valence-corrected chi connectivity index (χ2v) is 5.82. The van der Waals surface area contributed by atoms with Gasteiger partial charge in [0.2, 0.25) is 0 Å². The van der Waals surface area contributed by atoms with E-state index in [-0.39, 0.29) is 5.41 Å². The average Bonchev–Trinajstić information content (AvgIpc) is 2.15. The van der Waals surface area contributed by atoms with Gasteiger partial charge in [0.1, 0.15) is 0 Å². The summed E-state index contributed by atoms with van der Waals surface area (Å²) in [6, 6.07) is 8.01. The summed E-state index contributed by atoms with van der Waals surface area (Å²) in [5.41, 5.74) is 2.31. The molecule has 0 aliphatic rings. The fraction of sp³-hybridized carbons (Fsp3) is 0.308. The average molecular weight is 330 g/mol. The zero-order valence-electron chi connectivity index (χ0n) is 9.62. The van der Waals surface area contributed by atoms with E-state index in [0.29, 0.717) is 0 Å². The lowest BCUT2D eigenvalue weighted by Gasteiger charge is -2.19. The molecule has 0 saturated carbocycles. The summed E-state index contributed by atoms with van der Waals surface area (Å²) in [6.07, 6.45) is 1.21. The highest BCUT2D eigenvalue weighted by Crippen LogP contribution is 2.26. The molecule has 0 bridgehead atoms. The summed E-state index contributed by atoms with van der Waals surface area (Å²) in [4.78, 5) is 10.5. The fourth-order valence-electron chi connectivity index (χ4n) is 1.32. The lowest BCUT2D eigenvalue weighted by atomic mass is 9.87. The molecule has 0 aliphatic carbocycles. The molecule has 0 atom stereocenters. The summed E-state index contributed by atoms with van der Waals surface area (Å²) in [7, 11) is 0. The Kier molecular flexibility index (Phi) is 4.13. The van der Waals surface area contributed by atoms with Gasteiger partial charge in [-0.15, -0.1) is 0 Å². The molecule has 2 nitrogen and oxygen atoms in total. The molecule has 1 N–H and O–H groups in total. The Morgan fingerprint density at radius 2 is 1.75 bits per heavy atom. The van der Waals surface area contributed by atoms with Gasteiger partial charge >= 0.3 is 5.97 Å². The first-order chi connectivity index (χ1) is 7.30. The maximum absolute atomic E-state index is 10.5. The molecule has 3 heteroatoms. The SMILES string of the molecule is CC(C)(C)c1ccc(/C(I)=C/C(=O)O)cc1. The van der Waals surface area contributed by atoms with Crippen molar-refractivity contribution in [3.63, 3.8) is 0 Å². The molecule has 0 amide bonds. The number of aliphatic carboxylic acids is 1. The topological polar surface area (TPSA) is 37.3 Å². The van der Waals surface area contributed by atoms with Crippen molar-refractivity contribution < 1.29 is 9.90 Å². The summed E-state index contributed by atoms with van der Waals surface area (Å²) >= 11 is 2.04. The molecule has 0 fully saturated rings. The molecule has 1 aromatic rings. The number of benzene rings is 1. The van der Waals surface area contributed by atoms with Gasteiger partial charge in [-0.2, -0.15) is 0 Å². The van der Waals surface area contributed by atoms with Gasteiger partial charge < -0.3 is 5.11 Å². The van der Waals surface area contributed by atoms with Crippen molar-refractivity contribution in [2.24, 2.45) is 0 Å². The minimum Gasteiger partial charge on any atom is -0.478 e. The second-order valence-electron chi connectivity index (χ2n) is 4.66. The maximum Gasteiger partial charge on any atom is 0.329 e. The van der Waals surface area contributed by atoms with Gasteiger partial charge in [0.15, 0.2) is 0 Å². The number of halogens is 1. The van der Waals surface area contributed by atoms with Crippen LogP contribution in [0.5, 0.6) is 0 Å². The van der Waals surface area contributed by atoms with Crippen LogP contribution in [0.4, 0.5) is 0 Å². The molecule has 0 saturated heterocycles. The van der Waals surface area contributed by atoms with Crippen molar-refractivity contribution in [2.75, 3.05) is 0 Å². The van der Waals surface area contributed by atoms with Gasteiger partial charge in [-0.1, -0.05) is 45.0 Å². The van der Waals surface area contributed by atoms with E-state index in [4.69, 9.17) is 5.11 Å². The molecule has 0 unspecified atom stereocenters. The largest absolute Gasteiger partial charge is 0.478 e. The summed E-state index contributed by atoms with van der Waals surface area (Å²) < 4.78 is 0.741. The second kappa shape index (κ2) is 4.99. The molecule has 1 aromatic carbocycles. The van der Waals surface area contributed by atoms with Crippen molar-refractivity contribution in [3.05, 3.63) is 41.5 Å². The number of rotatable bonds is 2. The molecule has 0 heterocycles. The third kappa shape index (κ3) is 3.63. The van der Waals surface area contributed by atoms with Crippen LogP contribution in [0.3, 0.4) is 0 Å². The summed E-state index contributed by atoms with van der Waals surface area (Å²) in [6.45, 7) is 6.46.